The van der Waals surface area contributed by atoms with Crippen LogP contribution in [0.15, 0.2) is 48.5 Å². The van der Waals surface area contributed by atoms with E-state index in [4.69, 9.17) is 4.74 Å². The Morgan fingerprint density at radius 3 is 2.26 bits per heavy atom. The highest BCUT2D eigenvalue weighted by Gasteiger charge is 2.09. The Morgan fingerprint density at radius 1 is 0.913 bits per heavy atom. The van der Waals surface area contributed by atoms with Crippen molar-refractivity contribution in [1.29, 1.82) is 0 Å². The highest BCUT2D eigenvalue weighted by Crippen LogP contribution is 2.13. The minimum Gasteiger partial charge on any atom is -0.493 e. The van der Waals surface area contributed by atoms with E-state index < -0.39 is 0 Å². The molecule has 1 heterocycles. The maximum absolute atomic E-state index is 12.8. The topological polar surface area (TPSA) is 24.5 Å². The fraction of sp³-hybridized carbons (Fsp3) is 0.368. The Morgan fingerprint density at radius 2 is 1.57 bits per heavy atom. The lowest BCUT2D eigenvalue weighted by Crippen LogP contribution is -2.42. The van der Waals surface area contributed by atoms with E-state index in [2.05, 4.69) is 34.5 Å². The molecule has 1 aliphatic rings. The van der Waals surface area contributed by atoms with E-state index in [1.54, 1.807) is 12.1 Å². The van der Waals surface area contributed by atoms with Crippen LogP contribution in [-0.4, -0.2) is 37.7 Å². The summed E-state index contributed by atoms with van der Waals surface area (Å²) in [5.41, 5.74) is 2.62. The van der Waals surface area contributed by atoms with Gasteiger partial charge < -0.3 is 10.1 Å². The second-order valence-electron chi connectivity index (χ2n) is 5.90. The van der Waals surface area contributed by atoms with Gasteiger partial charge in [-0.1, -0.05) is 24.3 Å². The van der Waals surface area contributed by atoms with E-state index in [0.29, 0.717) is 12.4 Å². The van der Waals surface area contributed by atoms with E-state index in [9.17, 15) is 4.39 Å². The Balaban J connectivity index is 1.44. The van der Waals surface area contributed by atoms with Gasteiger partial charge in [0.25, 0.3) is 0 Å². The van der Waals surface area contributed by atoms with Gasteiger partial charge in [0, 0.05) is 39.1 Å². The molecule has 1 saturated heterocycles. The van der Waals surface area contributed by atoms with Crippen molar-refractivity contribution in [3.63, 3.8) is 0 Å². The van der Waals surface area contributed by atoms with Crippen LogP contribution in [0.25, 0.3) is 0 Å². The fourth-order valence-corrected chi connectivity index (χ4v) is 2.76. The third-order valence-electron chi connectivity index (χ3n) is 4.11. The zero-order valence-electron chi connectivity index (χ0n) is 13.3. The molecule has 3 rings (SSSR count). The normalized spacial score (nSPS) is 15.5. The molecule has 1 aliphatic heterocycles. The average molecular weight is 314 g/mol. The molecular weight excluding hydrogens is 291 g/mol. The predicted molar refractivity (Wildman–Crippen MR) is 90.2 cm³/mol. The SMILES string of the molecule is Fc1ccc(OCCc2ccc(CN3CCNCC3)cc2)cc1. The molecule has 0 unspecified atom stereocenters. The first-order valence-electron chi connectivity index (χ1n) is 8.19. The standard InChI is InChI=1S/C19H23FN2O/c20-18-5-7-19(8-6-18)23-14-9-16-1-3-17(4-2-16)15-22-12-10-21-11-13-22/h1-8,21H,9-15H2. The summed E-state index contributed by atoms with van der Waals surface area (Å²) in [6.45, 7) is 6.02. The van der Waals surface area contributed by atoms with Gasteiger partial charge in [-0.15, -0.1) is 0 Å². The lowest BCUT2D eigenvalue weighted by Gasteiger charge is -2.27. The van der Waals surface area contributed by atoms with E-state index in [1.165, 1.54) is 23.3 Å². The number of rotatable bonds is 6. The summed E-state index contributed by atoms with van der Waals surface area (Å²) < 4.78 is 18.5. The molecule has 23 heavy (non-hydrogen) atoms. The molecule has 1 fully saturated rings. The maximum atomic E-state index is 12.8. The van der Waals surface area contributed by atoms with Crippen molar-refractivity contribution >= 4 is 0 Å². The van der Waals surface area contributed by atoms with Gasteiger partial charge >= 0.3 is 0 Å². The number of benzene rings is 2. The molecule has 122 valence electrons. The van der Waals surface area contributed by atoms with Gasteiger partial charge in [0.1, 0.15) is 11.6 Å². The van der Waals surface area contributed by atoms with Gasteiger partial charge in [0.2, 0.25) is 0 Å². The first-order chi connectivity index (χ1) is 11.3. The zero-order chi connectivity index (χ0) is 15.9. The minimum atomic E-state index is -0.238. The van der Waals surface area contributed by atoms with E-state index in [-0.39, 0.29) is 5.82 Å². The zero-order valence-corrected chi connectivity index (χ0v) is 13.3. The second kappa shape index (κ2) is 8.09. The van der Waals surface area contributed by atoms with Crippen LogP contribution < -0.4 is 10.1 Å². The molecule has 0 saturated carbocycles. The summed E-state index contributed by atoms with van der Waals surface area (Å²) in [4.78, 5) is 2.48. The summed E-state index contributed by atoms with van der Waals surface area (Å²) in [5, 5.41) is 3.37. The Bertz CT molecular complexity index is 592. The van der Waals surface area contributed by atoms with Gasteiger partial charge in [-0.25, -0.2) is 4.39 Å². The predicted octanol–water partition coefficient (Wildman–Crippen LogP) is 2.85. The van der Waals surface area contributed by atoms with E-state index in [1.807, 2.05) is 0 Å². The molecule has 0 amide bonds. The summed E-state index contributed by atoms with van der Waals surface area (Å²) in [5.74, 6) is 0.471. The maximum Gasteiger partial charge on any atom is 0.123 e. The summed E-state index contributed by atoms with van der Waals surface area (Å²) in [6, 6.07) is 14.9. The molecular formula is C19H23FN2O. The van der Waals surface area contributed by atoms with Gasteiger partial charge in [-0.05, 0) is 35.4 Å². The largest absolute Gasteiger partial charge is 0.493 e. The lowest BCUT2D eigenvalue weighted by molar-refractivity contribution is 0.233. The third-order valence-corrected chi connectivity index (χ3v) is 4.11. The van der Waals surface area contributed by atoms with Gasteiger partial charge in [0.15, 0.2) is 0 Å². The Kier molecular flexibility index (Phi) is 5.61. The molecule has 0 bridgehead atoms. The van der Waals surface area contributed by atoms with Crippen molar-refractivity contribution in [1.82, 2.24) is 10.2 Å². The van der Waals surface area contributed by atoms with Crippen molar-refractivity contribution in [3.05, 3.63) is 65.5 Å². The molecule has 0 radical (unpaired) electrons. The molecule has 0 spiro atoms. The number of halogens is 1. The van der Waals surface area contributed by atoms with Crippen LogP contribution in [0.5, 0.6) is 5.75 Å². The number of nitrogens with zero attached hydrogens (tertiary/aromatic N) is 1. The number of nitrogens with one attached hydrogen (secondary N) is 1. The molecule has 0 aliphatic carbocycles. The Labute approximate surface area is 137 Å². The van der Waals surface area contributed by atoms with E-state index >= 15 is 0 Å². The quantitative estimate of drug-likeness (QED) is 0.887. The Hall–Kier alpha value is -1.91. The van der Waals surface area contributed by atoms with Crippen molar-refractivity contribution in [3.8, 4) is 5.75 Å². The van der Waals surface area contributed by atoms with Crippen LogP contribution in [0.2, 0.25) is 0 Å². The molecule has 3 nitrogen and oxygen atoms in total. The van der Waals surface area contributed by atoms with Crippen molar-refractivity contribution in [2.45, 2.75) is 13.0 Å². The summed E-state index contributed by atoms with van der Waals surface area (Å²) in [7, 11) is 0. The first kappa shape index (κ1) is 16.0. The monoisotopic (exact) mass is 314 g/mol. The molecule has 2 aromatic rings. The number of piperazine rings is 1. The highest BCUT2D eigenvalue weighted by molar-refractivity contribution is 5.24. The number of ether oxygens (including phenoxy) is 1. The number of hydrogen-bond donors (Lipinski definition) is 1. The fourth-order valence-electron chi connectivity index (χ4n) is 2.76. The van der Waals surface area contributed by atoms with Crippen LogP contribution in [0.4, 0.5) is 4.39 Å². The average Bonchev–Trinajstić information content (AvgIpc) is 2.59. The van der Waals surface area contributed by atoms with Crippen LogP contribution in [0.3, 0.4) is 0 Å². The third kappa shape index (κ3) is 5.05. The molecule has 0 aromatic heterocycles. The van der Waals surface area contributed by atoms with Crippen molar-refractivity contribution < 1.29 is 9.13 Å². The van der Waals surface area contributed by atoms with Gasteiger partial charge in [-0.3, -0.25) is 4.90 Å². The van der Waals surface area contributed by atoms with Gasteiger partial charge in [0.05, 0.1) is 6.61 Å². The van der Waals surface area contributed by atoms with Crippen molar-refractivity contribution in [2.75, 3.05) is 32.8 Å². The molecule has 1 N–H and O–H groups in total. The van der Waals surface area contributed by atoms with Crippen LogP contribution in [0.1, 0.15) is 11.1 Å². The summed E-state index contributed by atoms with van der Waals surface area (Å²) in [6.07, 6.45) is 0.852. The van der Waals surface area contributed by atoms with Gasteiger partial charge in [-0.2, -0.15) is 0 Å². The molecule has 4 heteroatoms. The molecule has 2 aromatic carbocycles. The summed E-state index contributed by atoms with van der Waals surface area (Å²) >= 11 is 0. The minimum absolute atomic E-state index is 0.238. The first-order valence-corrected chi connectivity index (χ1v) is 8.19. The van der Waals surface area contributed by atoms with Crippen LogP contribution in [0, 0.1) is 5.82 Å². The number of hydrogen-bond acceptors (Lipinski definition) is 3. The highest BCUT2D eigenvalue weighted by atomic mass is 19.1. The second-order valence-corrected chi connectivity index (χ2v) is 5.90. The van der Waals surface area contributed by atoms with Crippen LogP contribution >= 0.6 is 0 Å². The van der Waals surface area contributed by atoms with Crippen LogP contribution in [-0.2, 0) is 13.0 Å². The lowest BCUT2D eigenvalue weighted by atomic mass is 10.1. The smallest absolute Gasteiger partial charge is 0.123 e. The van der Waals surface area contributed by atoms with E-state index in [0.717, 1.165) is 39.1 Å². The van der Waals surface area contributed by atoms with Crippen molar-refractivity contribution in [2.24, 2.45) is 0 Å². The molecule has 0 atom stereocenters.